The summed E-state index contributed by atoms with van der Waals surface area (Å²) in [4.78, 5) is 8.75. The van der Waals surface area contributed by atoms with Crippen LogP contribution in [0.3, 0.4) is 0 Å². The van der Waals surface area contributed by atoms with Crippen LogP contribution < -0.4 is 0 Å². The molecule has 3 aromatic rings. The van der Waals surface area contributed by atoms with Gasteiger partial charge in [0, 0.05) is 10.7 Å². The number of alkyl halides is 1. The highest BCUT2D eigenvalue weighted by atomic mass is 79.9. The number of halogens is 3. The van der Waals surface area contributed by atoms with Gasteiger partial charge in [0.2, 0.25) is 0 Å². The molecule has 2 aromatic heterocycles. The SMILES string of the molecule is CC(Cl)c1nc2cccnc2n1-c1c(F)cccc1Br. The Balaban J connectivity index is 2.43. The Labute approximate surface area is 128 Å². The number of benzene rings is 1. The molecule has 0 aliphatic rings. The van der Waals surface area contributed by atoms with Crippen LogP contribution in [-0.2, 0) is 0 Å². The molecule has 0 radical (unpaired) electrons. The average molecular weight is 355 g/mol. The molecule has 6 heteroatoms. The third-order valence-electron chi connectivity index (χ3n) is 2.96. The normalized spacial score (nSPS) is 12.8. The van der Waals surface area contributed by atoms with Gasteiger partial charge >= 0.3 is 0 Å². The van der Waals surface area contributed by atoms with Crippen molar-refractivity contribution in [3.63, 3.8) is 0 Å². The molecule has 0 saturated heterocycles. The van der Waals surface area contributed by atoms with E-state index in [2.05, 4.69) is 25.9 Å². The molecule has 3 nitrogen and oxygen atoms in total. The van der Waals surface area contributed by atoms with Crippen molar-refractivity contribution in [1.82, 2.24) is 14.5 Å². The average Bonchev–Trinajstić information content (AvgIpc) is 2.78. The lowest BCUT2D eigenvalue weighted by Gasteiger charge is -2.12. The van der Waals surface area contributed by atoms with E-state index < -0.39 is 0 Å². The number of rotatable bonds is 2. The van der Waals surface area contributed by atoms with Gasteiger partial charge in [0.05, 0.1) is 11.1 Å². The summed E-state index contributed by atoms with van der Waals surface area (Å²) in [5.41, 5.74) is 1.64. The zero-order chi connectivity index (χ0) is 14.3. The van der Waals surface area contributed by atoms with Gasteiger partial charge in [-0.1, -0.05) is 6.07 Å². The second-order valence-electron chi connectivity index (χ2n) is 4.34. The van der Waals surface area contributed by atoms with Crippen molar-refractivity contribution >= 4 is 38.7 Å². The van der Waals surface area contributed by atoms with Crippen molar-refractivity contribution in [1.29, 1.82) is 0 Å². The number of imidazole rings is 1. The van der Waals surface area contributed by atoms with Crippen LogP contribution in [0.25, 0.3) is 16.9 Å². The number of fused-ring (bicyclic) bond motifs is 1. The van der Waals surface area contributed by atoms with E-state index in [4.69, 9.17) is 11.6 Å². The Kier molecular flexibility index (Phi) is 3.48. The first kappa shape index (κ1) is 13.5. The van der Waals surface area contributed by atoms with E-state index in [0.717, 1.165) is 0 Å². The van der Waals surface area contributed by atoms with Crippen LogP contribution in [0.5, 0.6) is 0 Å². The van der Waals surface area contributed by atoms with Crippen LogP contribution in [0.4, 0.5) is 4.39 Å². The molecule has 1 unspecified atom stereocenters. The number of para-hydroxylation sites is 1. The third-order valence-corrected chi connectivity index (χ3v) is 3.79. The Hall–Kier alpha value is -1.46. The lowest BCUT2D eigenvalue weighted by atomic mass is 10.3. The van der Waals surface area contributed by atoms with Crippen LogP contribution in [0.1, 0.15) is 18.1 Å². The van der Waals surface area contributed by atoms with Crippen molar-refractivity contribution in [2.75, 3.05) is 0 Å². The Morgan fingerprint density at radius 1 is 1.30 bits per heavy atom. The molecular weight excluding hydrogens is 345 g/mol. The summed E-state index contributed by atoms with van der Waals surface area (Å²) in [5.74, 6) is 0.203. The highest BCUT2D eigenvalue weighted by molar-refractivity contribution is 9.10. The van der Waals surface area contributed by atoms with Crippen molar-refractivity contribution in [2.24, 2.45) is 0 Å². The minimum absolute atomic E-state index is 0.358. The number of hydrogen-bond acceptors (Lipinski definition) is 2. The van der Waals surface area contributed by atoms with Gasteiger partial charge in [-0.05, 0) is 47.1 Å². The van der Waals surface area contributed by atoms with Gasteiger partial charge < -0.3 is 0 Å². The van der Waals surface area contributed by atoms with Crippen LogP contribution in [0.15, 0.2) is 41.0 Å². The summed E-state index contributed by atoms with van der Waals surface area (Å²) in [6, 6.07) is 8.43. The van der Waals surface area contributed by atoms with Gasteiger partial charge in [0.1, 0.15) is 17.2 Å². The highest BCUT2D eigenvalue weighted by Crippen LogP contribution is 2.32. The number of nitrogens with zero attached hydrogens (tertiary/aromatic N) is 3. The summed E-state index contributed by atoms with van der Waals surface area (Å²) in [5, 5.41) is -0.365. The zero-order valence-corrected chi connectivity index (χ0v) is 12.9. The predicted molar refractivity (Wildman–Crippen MR) is 80.8 cm³/mol. The maximum Gasteiger partial charge on any atom is 0.164 e. The summed E-state index contributed by atoms with van der Waals surface area (Å²) in [6.45, 7) is 1.80. The largest absolute Gasteiger partial charge is 0.275 e. The molecule has 102 valence electrons. The second kappa shape index (κ2) is 5.14. The van der Waals surface area contributed by atoms with Crippen molar-refractivity contribution < 1.29 is 4.39 Å². The van der Waals surface area contributed by atoms with Gasteiger partial charge in [0.15, 0.2) is 5.65 Å². The van der Waals surface area contributed by atoms with Crippen LogP contribution >= 0.6 is 27.5 Å². The molecule has 2 heterocycles. The molecule has 0 aliphatic carbocycles. The topological polar surface area (TPSA) is 30.7 Å². The van der Waals surface area contributed by atoms with E-state index in [9.17, 15) is 4.39 Å². The van der Waals surface area contributed by atoms with Crippen molar-refractivity contribution in [2.45, 2.75) is 12.3 Å². The fourth-order valence-electron chi connectivity index (χ4n) is 2.12. The molecule has 0 spiro atoms. The van der Waals surface area contributed by atoms with Gasteiger partial charge in [-0.25, -0.2) is 14.4 Å². The zero-order valence-electron chi connectivity index (χ0n) is 10.5. The molecule has 1 atom stereocenters. The first-order chi connectivity index (χ1) is 9.59. The fourth-order valence-corrected chi connectivity index (χ4v) is 2.79. The van der Waals surface area contributed by atoms with Crippen molar-refractivity contribution in [3.05, 3.63) is 52.6 Å². The molecule has 0 aliphatic heterocycles. The lowest BCUT2D eigenvalue weighted by Crippen LogP contribution is -2.05. The number of aromatic nitrogens is 3. The molecule has 20 heavy (non-hydrogen) atoms. The molecule has 1 aromatic carbocycles. The van der Waals surface area contributed by atoms with Crippen LogP contribution in [0, 0.1) is 5.82 Å². The molecule has 0 N–H and O–H groups in total. The van der Waals surface area contributed by atoms with E-state index in [1.807, 2.05) is 6.07 Å². The Bertz CT molecular complexity index is 765. The van der Waals surface area contributed by atoms with Crippen LogP contribution in [0.2, 0.25) is 0 Å². The minimum atomic E-state index is -0.365. The van der Waals surface area contributed by atoms with Gasteiger partial charge in [-0.3, -0.25) is 4.57 Å². The summed E-state index contributed by atoms with van der Waals surface area (Å²) in [7, 11) is 0. The smallest absolute Gasteiger partial charge is 0.164 e. The van der Waals surface area contributed by atoms with E-state index in [0.29, 0.717) is 27.1 Å². The molecule has 0 amide bonds. The van der Waals surface area contributed by atoms with E-state index in [1.54, 1.807) is 35.9 Å². The van der Waals surface area contributed by atoms with Crippen LogP contribution in [-0.4, -0.2) is 14.5 Å². The molecule has 0 bridgehead atoms. The quantitative estimate of drug-likeness (QED) is 0.629. The van der Waals surface area contributed by atoms with E-state index in [-0.39, 0.29) is 11.2 Å². The molecule has 3 rings (SSSR count). The van der Waals surface area contributed by atoms with Gasteiger partial charge in [-0.2, -0.15) is 0 Å². The molecule has 0 saturated carbocycles. The first-order valence-electron chi connectivity index (χ1n) is 6.01. The van der Waals surface area contributed by atoms with Gasteiger partial charge in [0.25, 0.3) is 0 Å². The number of hydrogen-bond donors (Lipinski definition) is 0. The maximum absolute atomic E-state index is 14.2. The monoisotopic (exact) mass is 353 g/mol. The van der Waals surface area contributed by atoms with E-state index >= 15 is 0 Å². The predicted octanol–water partition coefficient (Wildman–Crippen LogP) is 4.62. The lowest BCUT2D eigenvalue weighted by molar-refractivity contribution is 0.615. The fraction of sp³-hybridized carbons (Fsp3) is 0.143. The maximum atomic E-state index is 14.2. The summed E-state index contributed by atoms with van der Waals surface area (Å²) in [6.07, 6.45) is 1.65. The van der Waals surface area contributed by atoms with Gasteiger partial charge in [-0.15, -0.1) is 11.6 Å². The summed E-state index contributed by atoms with van der Waals surface area (Å²) < 4.78 is 16.5. The van der Waals surface area contributed by atoms with E-state index in [1.165, 1.54) is 6.07 Å². The Morgan fingerprint density at radius 2 is 2.10 bits per heavy atom. The molecular formula is C14H10BrClFN3. The third kappa shape index (κ3) is 2.11. The number of pyridine rings is 1. The minimum Gasteiger partial charge on any atom is -0.275 e. The molecule has 0 fully saturated rings. The second-order valence-corrected chi connectivity index (χ2v) is 5.85. The first-order valence-corrected chi connectivity index (χ1v) is 7.24. The summed E-state index contributed by atoms with van der Waals surface area (Å²) >= 11 is 9.56. The standard InChI is InChI=1S/C14H10BrClFN3/c1-8(16)13-19-11-6-3-7-18-14(11)20(13)12-9(15)4-2-5-10(12)17/h2-8H,1H3. The Morgan fingerprint density at radius 3 is 2.80 bits per heavy atom. The van der Waals surface area contributed by atoms with Crippen molar-refractivity contribution in [3.8, 4) is 5.69 Å². The highest BCUT2D eigenvalue weighted by Gasteiger charge is 2.20.